The number of pyridine rings is 1. The number of para-hydroxylation sites is 1. The topological polar surface area (TPSA) is 64.7 Å². The lowest BCUT2D eigenvalue weighted by molar-refractivity contribution is 0.432. The molecule has 0 unspecified atom stereocenters. The largest absolute Gasteiger partial charge is 0.331 e. The standard InChI is InChI=1S/C15H10N4OS/c1-9-3-2-4-11-12(9)17-15(21-11)14-18-13(19-20-14)10-5-7-16-8-6-10/h2-8H,1H3. The van der Waals surface area contributed by atoms with Crippen molar-refractivity contribution in [2.45, 2.75) is 6.92 Å². The van der Waals surface area contributed by atoms with Crippen LogP contribution in [0.15, 0.2) is 47.2 Å². The number of nitrogens with zero attached hydrogens (tertiary/aromatic N) is 4. The van der Waals surface area contributed by atoms with E-state index in [1.807, 2.05) is 37.3 Å². The Labute approximate surface area is 124 Å². The summed E-state index contributed by atoms with van der Waals surface area (Å²) >= 11 is 1.55. The molecule has 0 atom stereocenters. The Balaban J connectivity index is 1.79. The van der Waals surface area contributed by atoms with Crippen molar-refractivity contribution in [1.29, 1.82) is 0 Å². The predicted molar refractivity (Wildman–Crippen MR) is 80.9 cm³/mol. The maximum Gasteiger partial charge on any atom is 0.287 e. The van der Waals surface area contributed by atoms with Crippen LogP contribution in [0.1, 0.15) is 5.56 Å². The van der Waals surface area contributed by atoms with Gasteiger partial charge in [-0.3, -0.25) is 4.98 Å². The Morgan fingerprint density at radius 3 is 2.71 bits per heavy atom. The summed E-state index contributed by atoms with van der Waals surface area (Å²) in [7, 11) is 0. The van der Waals surface area contributed by atoms with Crippen LogP contribution in [0.5, 0.6) is 0 Å². The summed E-state index contributed by atoms with van der Waals surface area (Å²) in [6.45, 7) is 2.04. The molecule has 0 aliphatic carbocycles. The molecule has 0 aliphatic rings. The highest BCUT2D eigenvalue weighted by Gasteiger charge is 2.15. The van der Waals surface area contributed by atoms with Crippen molar-refractivity contribution in [2.75, 3.05) is 0 Å². The first-order valence-corrected chi connectivity index (χ1v) is 7.23. The number of thiazole rings is 1. The summed E-state index contributed by atoms with van der Waals surface area (Å²) in [6.07, 6.45) is 3.40. The van der Waals surface area contributed by atoms with E-state index >= 15 is 0 Å². The van der Waals surface area contributed by atoms with Crippen LogP contribution in [0, 0.1) is 6.92 Å². The van der Waals surface area contributed by atoms with E-state index in [0.717, 1.165) is 26.4 Å². The van der Waals surface area contributed by atoms with Gasteiger partial charge in [0.2, 0.25) is 5.82 Å². The van der Waals surface area contributed by atoms with Gasteiger partial charge in [-0.2, -0.15) is 4.98 Å². The van der Waals surface area contributed by atoms with Gasteiger partial charge in [0, 0.05) is 18.0 Å². The maximum absolute atomic E-state index is 5.34. The third-order valence-electron chi connectivity index (χ3n) is 3.17. The summed E-state index contributed by atoms with van der Waals surface area (Å²) in [4.78, 5) is 13.0. The molecule has 0 saturated heterocycles. The summed E-state index contributed by atoms with van der Waals surface area (Å²) in [5.41, 5.74) is 3.00. The number of aryl methyl sites for hydroxylation is 1. The zero-order valence-electron chi connectivity index (χ0n) is 11.1. The Bertz CT molecular complexity index is 914. The summed E-state index contributed by atoms with van der Waals surface area (Å²) < 4.78 is 6.46. The molecule has 5 nitrogen and oxygen atoms in total. The van der Waals surface area contributed by atoms with E-state index < -0.39 is 0 Å². The minimum Gasteiger partial charge on any atom is -0.331 e. The molecule has 0 N–H and O–H groups in total. The van der Waals surface area contributed by atoms with Gasteiger partial charge >= 0.3 is 0 Å². The van der Waals surface area contributed by atoms with Gasteiger partial charge in [-0.25, -0.2) is 4.98 Å². The van der Waals surface area contributed by atoms with Gasteiger partial charge in [0.05, 0.1) is 10.2 Å². The van der Waals surface area contributed by atoms with Gasteiger partial charge < -0.3 is 4.52 Å². The highest BCUT2D eigenvalue weighted by atomic mass is 32.1. The van der Waals surface area contributed by atoms with Crippen LogP contribution in [-0.2, 0) is 0 Å². The molecule has 3 heterocycles. The fourth-order valence-corrected chi connectivity index (χ4v) is 3.07. The minimum absolute atomic E-state index is 0.447. The minimum atomic E-state index is 0.447. The van der Waals surface area contributed by atoms with Crippen molar-refractivity contribution in [2.24, 2.45) is 0 Å². The number of rotatable bonds is 2. The normalized spacial score (nSPS) is 11.1. The number of aromatic nitrogens is 4. The first-order valence-electron chi connectivity index (χ1n) is 6.42. The summed E-state index contributed by atoms with van der Waals surface area (Å²) in [5, 5.41) is 4.75. The molecule has 4 aromatic rings. The zero-order chi connectivity index (χ0) is 14.2. The first-order chi connectivity index (χ1) is 10.3. The van der Waals surface area contributed by atoms with Crippen LogP contribution >= 0.6 is 11.3 Å². The average Bonchev–Trinajstić information content (AvgIpc) is 3.15. The lowest BCUT2D eigenvalue weighted by Gasteiger charge is -1.90. The Morgan fingerprint density at radius 2 is 1.90 bits per heavy atom. The van der Waals surface area contributed by atoms with E-state index in [0.29, 0.717) is 11.7 Å². The predicted octanol–water partition coefficient (Wildman–Crippen LogP) is 3.72. The second-order valence-electron chi connectivity index (χ2n) is 4.60. The lowest BCUT2D eigenvalue weighted by atomic mass is 10.2. The summed E-state index contributed by atoms with van der Waals surface area (Å²) in [6, 6.07) is 9.80. The first kappa shape index (κ1) is 12.2. The molecule has 0 fully saturated rings. The van der Waals surface area contributed by atoms with Crippen molar-refractivity contribution in [3.05, 3.63) is 48.3 Å². The quantitative estimate of drug-likeness (QED) is 0.564. The zero-order valence-corrected chi connectivity index (χ0v) is 12.0. The van der Waals surface area contributed by atoms with Gasteiger partial charge in [0.25, 0.3) is 5.89 Å². The number of hydrogen-bond acceptors (Lipinski definition) is 6. The molecule has 0 amide bonds. The number of benzene rings is 1. The molecular formula is C15H10N4OS. The lowest BCUT2D eigenvalue weighted by Crippen LogP contribution is -1.81. The third kappa shape index (κ3) is 2.09. The molecule has 0 saturated carbocycles. The SMILES string of the molecule is Cc1cccc2sc(-c3nc(-c4ccncc4)no3)nc12. The van der Waals surface area contributed by atoms with E-state index in [1.54, 1.807) is 23.7 Å². The molecule has 0 aliphatic heterocycles. The number of fused-ring (bicyclic) bond motifs is 1. The average molecular weight is 294 g/mol. The van der Waals surface area contributed by atoms with Crippen LogP contribution in [0.2, 0.25) is 0 Å². The maximum atomic E-state index is 5.34. The van der Waals surface area contributed by atoms with E-state index in [9.17, 15) is 0 Å². The van der Waals surface area contributed by atoms with Crippen LogP contribution in [0.4, 0.5) is 0 Å². The Hall–Kier alpha value is -2.60. The van der Waals surface area contributed by atoms with Crippen LogP contribution in [0.3, 0.4) is 0 Å². The van der Waals surface area contributed by atoms with Crippen molar-refractivity contribution < 1.29 is 4.52 Å². The van der Waals surface area contributed by atoms with E-state index in [1.165, 1.54) is 0 Å². The smallest absolute Gasteiger partial charge is 0.287 e. The van der Waals surface area contributed by atoms with Crippen molar-refractivity contribution in [3.8, 4) is 22.3 Å². The molecule has 4 rings (SSSR count). The Kier molecular flexibility index (Phi) is 2.75. The van der Waals surface area contributed by atoms with Crippen molar-refractivity contribution in [1.82, 2.24) is 20.1 Å². The molecule has 3 aromatic heterocycles. The van der Waals surface area contributed by atoms with E-state index in [2.05, 4.69) is 20.1 Å². The highest BCUT2D eigenvalue weighted by Crippen LogP contribution is 2.31. The van der Waals surface area contributed by atoms with Gasteiger partial charge in [-0.15, -0.1) is 11.3 Å². The third-order valence-corrected chi connectivity index (χ3v) is 4.18. The molecule has 1 aromatic carbocycles. The van der Waals surface area contributed by atoms with Gasteiger partial charge in [-0.05, 0) is 30.7 Å². The molecule has 21 heavy (non-hydrogen) atoms. The van der Waals surface area contributed by atoms with Crippen LogP contribution in [-0.4, -0.2) is 20.1 Å². The summed E-state index contributed by atoms with van der Waals surface area (Å²) in [5.74, 6) is 0.991. The van der Waals surface area contributed by atoms with Gasteiger partial charge in [-0.1, -0.05) is 17.3 Å². The molecule has 102 valence electrons. The van der Waals surface area contributed by atoms with Crippen LogP contribution < -0.4 is 0 Å². The van der Waals surface area contributed by atoms with E-state index in [4.69, 9.17) is 4.52 Å². The highest BCUT2D eigenvalue weighted by molar-refractivity contribution is 7.21. The number of hydrogen-bond donors (Lipinski definition) is 0. The molecular weight excluding hydrogens is 284 g/mol. The van der Waals surface area contributed by atoms with Crippen LogP contribution in [0.25, 0.3) is 32.5 Å². The Morgan fingerprint density at radius 1 is 1.05 bits per heavy atom. The van der Waals surface area contributed by atoms with Gasteiger partial charge in [0.15, 0.2) is 5.01 Å². The molecule has 0 radical (unpaired) electrons. The molecule has 0 spiro atoms. The molecule has 6 heteroatoms. The van der Waals surface area contributed by atoms with Crippen molar-refractivity contribution in [3.63, 3.8) is 0 Å². The van der Waals surface area contributed by atoms with Crippen molar-refractivity contribution >= 4 is 21.6 Å². The van der Waals surface area contributed by atoms with Gasteiger partial charge in [0.1, 0.15) is 0 Å². The van der Waals surface area contributed by atoms with E-state index in [-0.39, 0.29) is 0 Å². The second-order valence-corrected chi connectivity index (χ2v) is 5.63. The fraction of sp³-hybridized carbons (Fsp3) is 0.0667. The monoisotopic (exact) mass is 294 g/mol. The molecule has 0 bridgehead atoms. The second kappa shape index (κ2) is 4.75. The fourth-order valence-electron chi connectivity index (χ4n) is 2.11.